The summed E-state index contributed by atoms with van der Waals surface area (Å²) >= 11 is 0. The molecule has 30 heavy (non-hydrogen) atoms. The van der Waals surface area contributed by atoms with Crippen LogP contribution in [0.4, 0.5) is 17.1 Å². The average Bonchev–Trinajstić information content (AvgIpc) is 3.39. The van der Waals surface area contributed by atoms with Crippen molar-refractivity contribution in [3.63, 3.8) is 0 Å². The van der Waals surface area contributed by atoms with E-state index in [0.717, 1.165) is 42.0 Å². The van der Waals surface area contributed by atoms with Gasteiger partial charge in [-0.15, -0.1) is 0 Å². The lowest BCUT2D eigenvalue weighted by Gasteiger charge is -2.19. The first-order chi connectivity index (χ1) is 14.7. The van der Waals surface area contributed by atoms with E-state index in [-0.39, 0.29) is 5.91 Å². The number of nitrogens with zero attached hydrogens (tertiary/aromatic N) is 2. The first-order valence-corrected chi connectivity index (χ1v) is 10.3. The first kappa shape index (κ1) is 18.4. The van der Waals surface area contributed by atoms with E-state index < -0.39 is 0 Å². The Hall–Kier alpha value is -3.60. The number of amides is 1. The number of hydrogen-bond donors (Lipinski definition) is 2. The molecule has 0 saturated carbocycles. The molecule has 3 aromatic rings. The molecule has 3 heterocycles. The predicted molar refractivity (Wildman–Crippen MR) is 122 cm³/mol. The Balaban J connectivity index is 1.28. The van der Waals surface area contributed by atoms with Crippen molar-refractivity contribution in [2.75, 3.05) is 28.6 Å². The predicted octanol–water partition coefficient (Wildman–Crippen LogP) is 4.79. The van der Waals surface area contributed by atoms with Crippen molar-refractivity contribution in [1.82, 2.24) is 4.98 Å². The third kappa shape index (κ3) is 3.43. The number of rotatable bonds is 4. The zero-order valence-corrected chi connectivity index (χ0v) is 16.9. The van der Waals surface area contributed by atoms with Crippen LogP contribution in [0.25, 0.3) is 5.57 Å². The summed E-state index contributed by atoms with van der Waals surface area (Å²) < 4.78 is 0. The van der Waals surface area contributed by atoms with Gasteiger partial charge in [0.05, 0.1) is 5.57 Å². The molecule has 5 heteroatoms. The maximum atomic E-state index is 12.4. The molecule has 0 spiro atoms. The zero-order chi connectivity index (χ0) is 20.5. The van der Waals surface area contributed by atoms with Crippen molar-refractivity contribution < 1.29 is 4.79 Å². The van der Waals surface area contributed by atoms with Crippen LogP contribution in [0, 0.1) is 6.92 Å². The molecular weight excluding hydrogens is 372 g/mol. The quantitative estimate of drug-likeness (QED) is 0.623. The van der Waals surface area contributed by atoms with Gasteiger partial charge in [-0.1, -0.05) is 12.1 Å². The summed E-state index contributed by atoms with van der Waals surface area (Å²) in [6.45, 7) is 4.11. The molecular formula is C25H24N4O. The minimum Gasteiger partial charge on any atom is -0.371 e. The van der Waals surface area contributed by atoms with Gasteiger partial charge in [0.15, 0.2) is 0 Å². The van der Waals surface area contributed by atoms with Gasteiger partial charge >= 0.3 is 0 Å². The Morgan fingerprint density at radius 1 is 1.10 bits per heavy atom. The number of carbonyl (C=O) groups is 1. The largest absolute Gasteiger partial charge is 0.371 e. The molecule has 150 valence electrons. The maximum Gasteiger partial charge on any atom is 0.257 e. The second kappa shape index (κ2) is 7.67. The summed E-state index contributed by atoms with van der Waals surface area (Å²) in [5, 5.41) is 6.22. The highest BCUT2D eigenvalue weighted by Gasteiger charge is 2.26. The molecule has 2 aliphatic rings. The van der Waals surface area contributed by atoms with E-state index in [0.29, 0.717) is 11.5 Å². The van der Waals surface area contributed by atoms with Crippen LogP contribution >= 0.6 is 0 Å². The Morgan fingerprint density at radius 2 is 1.90 bits per heavy atom. The highest BCUT2D eigenvalue weighted by atomic mass is 16.2. The molecule has 0 aliphatic carbocycles. The SMILES string of the molecule is Cc1cccc2c1C(=CNc1ccc(N3CCC(c4ccncc4)C3)cc1)C(=O)N2. The molecule has 0 radical (unpaired) electrons. The number of hydrogen-bond acceptors (Lipinski definition) is 4. The second-order valence-corrected chi connectivity index (χ2v) is 7.91. The number of pyridine rings is 1. The van der Waals surface area contributed by atoms with Gasteiger partial charge in [0.2, 0.25) is 0 Å². The fourth-order valence-corrected chi connectivity index (χ4v) is 4.40. The van der Waals surface area contributed by atoms with Crippen molar-refractivity contribution in [2.45, 2.75) is 19.3 Å². The van der Waals surface area contributed by atoms with Crippen LogP contribution in [-0.2, 0) is 4.79 Å². The fraction of sp³-hybridized carbons (Fsp3) is 0.200. The number of benzene rings is 2. The first-order valence-electron chi connectivity index (χ1n) is 10.3. The van der Waals surface area contributed by atoms with Crippen LogP contribution in [0.2, 0.25) is 0 Å². The van der Waals surface area contributed by atoms with Gasteiger partial charge in [0.25, 0.3) is 5.91 Å². The smallest absolute Gasteiger partial charge is 0.257 e. The summed E-state index contributed by atoms with van der Waals surface area (Å²) in [5.41, 5.74) is 7.17. The van der Waals surface area contributed by atoms with Crippen molar-refractivity contribution >= 4 is 28.5 Å². The van der Waals surface area contributed by atoms with E-state index in [9.17, 15) is 4.79 Å². The van der Waals surface area contributed by atoms with Gasteiger partial charge < -0.3 is 15.5 Å². The van der Waals surface area contributed by atoms with Gasteiger partial charge in [-0.25, -0.2) is 0 Å². The van der Waals surface area contributed by atoms with Crippen LogP contribution in [0.5, 0.6) is 0 Å². The van der Waals surface area contributed by atoms with Gasteiger partial charge in [-0.05, 0) is 66.9 Å². The Kier molecular flexibility index (Phi) is 4.71. The molecule has 1 atom stereocenters. The molecule has 1 aromatic heterocycles. The highest BCUT2D eigenvalue weighted by molar-refractivity contribution is 6.32. The average molecular weight is 396 g/mol. The van der Waals surface area contributed by atoms with Gasteiger partial charge in [-0.3, -0.25) is 9.78 Å². The Labute approximate surface area is 176 Å². The number of carbonyl (C=O) groups excluding carboxylic acids is 1. The van der Waals surface area contributed by atoms with E-state index in [1.165, 1.54) is 11.3 Å². The minimum atomic E-state index is -0.0670. The lowest BCUT2D eigenvalue weighted by Crippen LogP contribution is -2.19. The van der Waals surface area contributed by atoms with Gasteiger partial charge in [0, 0.05) is 60.2 Å². The fourth-order valence-electron chi connectivity index (χ4n) is 4.40. The highest BCUT2D eigenvalue weighted by Crippen LogP contribution is 2.34. The Bertz CT molecular complexity index is 1110. The van der Waals surface area contributed by atoms with E-state index in [1.54, 1.807) is 6.20 Å². The molecule has 1 fully saturated rings. The monoisotopic (exact) mass is 396 g/mol. The molecule has 5 nitrogen and oxygen atoms in total. The molecule has 1 unspecified atom stereocenters. The number of anilines is 3. The molecule has 2 aromatic carbocycles. The van der Waals surface area contributed by atoms with Crippen LogP contribution in [0.15, 0.2) is 73.2 Å². The third-order valence-electron chi connectivity index (χ3n) is 6.02. The molecule has 2 N–H and O–H groups in total. The molecule has 1 saturated heterocycles. The lowest BCUT2D eigenvalue weighted by molar-refractivity contribution is -0.110. The van der Waals surface area contributed by atoms with E-state index in [4.69, 9.17) is 0 Å². The summed E-state index contributed by atoms with van der Waals surface area (Å²) in [6.07, 6.45) is 6.71. The van der Waals surface area contributed by atoms with Crippen LogP contribution in [0.3, 0.4) is 0 Å². The number of aromatic nitrogens is 1. The summed E-state index contributed by atoms with van der Waals surface area (Å²) in [7, 11) is 0. The zero-order valence-electron chi connectivity index (χ0n) is 16.9. The summed E-state index contributed by atoms with van der Waals surface area (Å²) in [6, 6.07) is 18.6. The van der Waals surface area contributed by atoms with Crippen LogP contribution < -0.4 is 15.5 Å². The van der Waals surface area contributed by atoms with Crippen molar-refractivity contribution in [3.8, 4) is 0 Å². The van der Waals surface area contributed by atoms with Crippen molar-refractivity contribution in [2.24, 2.45) is 0 Å². The summed E-state index contributed by atoms with van der Waals surface area (Å²) in [5.74, 6) is 0.488. The van der Waals surface area contributed by atoms with E-state index in [1.807, 2.05) is 37.5 Å². The van der Waals surface area contributed by atoms with Crippen LogP contribution in [0.1, 0.15) is 29.0 Å². The van der Waals surface area contributed by atoms with E-state index >= 15 is 0 Å². The molecule has 0 bridgehead atoms. The van der Waals surface area contributed by atoms with E-state index in [2.05, 4.69) is 56.9 Å². The minimum absolute atomic E-state index is 0.0670. The number of fused-ring (bicyclic) bond motifs is 1. The topological polar surface area (TPSA) is 57.3 Å². The maximum absolute atomic E-state index is 12.4. The van der Waals surface area contributed by atoms with Gasteiger partial charge in [0.1, 0.15) is 0 Å². The summed E-state index contributed by atoms with van der Waals surface area (Å²) in [4.78, 5) is 18.9. The third-order valence-corrected chi connectivity index (χ3v) is 6.02. The molecule has 2 aliphatic heterocycles. The second-order valence-electron chi connectivity index (χ2n) is 7.91. The van der Waals surface area contributed by atoms with Crippen LogP contribution in [-0.4, -0.2) is 24.0 Å². The lowest BCUT2D eigenvalue weighted by atomic mass is 10.00. The molecule has 5 rings (SSSR count). The molecule has 1 amide bonds. The normalized spacial score (nSPS) is 19.1. The number of nitrogens with one attached hydrogen (secondary N) is 2. The van der Waals surface area contributed by atoms with Gasteiger partial charge in [-0.2, -0.15) is 0 Å². The standard InChI is InChI=1S/C25H24N4O/c1-17-3-2-4-23-24(17)22(25(30)28-23)15-27-20-5-7-21(8-6-20)29-14-11-19(16-29)18-9-12-26-13-10-18/h2-10,12-13,15,19,27H,11,14,16H2,1H3,(H,28,30). The Morgan fingerprint density at radius 3 is 2.70 bits per heavy atom. The van der Waals surface area contributed by atoms with Crippen molar-refractivity contribution in [1.29, 1.82) is 0 Å². The number of aryl methyl sites for hydroxylation is 1. The van der Waals surface area contributed by atoms with Crippen molar-refractivity contribution in [3.05, 3.63) is 89.9 Å².